The molecule has 2 aliphatic rings. The number of nitrogens with one attached hydrogen (secondary N) is 2. The van der Waals surface area contributed by atoms with Gasteiger partial charge in [-0.2, -0.15) is 0 Å². The number of hydrogen-bond donors (Lipinski definition) is 2. The van der Waals surface area contributed by atoms with Gasteiger partial charge in [0.25, 0.3) is 5.91 Å². The van der Waals surface area contributed by atoms with Crippen molar-refractivity contribution in [2.24, 2.45) is 11.8 Å². The summed E-state index contributed by atoms with van der Waals surface area (Å²) < 4.78 is 34.1. The third-order valence-corrected chi connectivity index (χ3v) is 7.91. The summed E-state index contributed by atoms with van der Waals surface area (Å²) in [6, 6.07) is 5.08. The molecule has 2 N–H and O–H groups in total. The molecule has 1 amide bonds. The molecule has 41 heavy (non-hydrogen) atoms. The molecule has 4 rings (SSSR count). The fraction of sp³-hybridized carbons (Fsp3) is 0.500. The van der Waals surface area contributed by atoms with Gasteiger partial charge < -0.3 is 9.64 Å². The molecule has 224 valence electrons. The Hall–Kier alpha value is -3.30. The molecular formula is C30H43N5O5S. The summed E-state index contributed by atoms with van der Waals surface area (Å²) in [5.41, 5.74) is 4.53. The molecule has 2 aromatic rings. The lowest BCUT2D eigenvalue weighted by atomic mass is 10.1. The number of nitrogens with zero attached hydrogens (tertiary/aromatic N) is 3. The van der Waals surface area contributed by atoms with Gasteiger partial charge in [0.15, 0.2) is 6.29 Å². The van der Waals surface area contributed by atoms with Crippen molar-refractivity contribution >= 4 is 28.0 Å². The highest BCUT2D eigenvalue weighted by Gasteiger charge is 2.57. The molecule has 3 atom stereocenters. The van der Waals surface area contributed by atoms with Crippen LogP contribution in [0.15, 0.2) is 41.6 Å². The lowest BCUT2D eigenvalue weighted by Crippen LogP contribution is -2.35. The minimum absolute atomic E-state index is 0.100. The predicted octanol–water partition coefficient (Wildman–Crippen LogP) is 4.33. The van der Waals surface area contributed by atoms with Crippen LogP contribution in [0.25, 0.3) is 6.08 Å². The minimum Gasteiger partial charge on any atom is -0.351 e. The second-order valence-electron chi connectivity index (χ2n) is 9.45. The number of aryl methyl sites for hydroxylation is 1. The minimum atomic E-state index is -3.61. The average Bonchev–Trinajstić information content (AvgIpc) is 3.38. The van der Waals surface area contributed by atoms with E-state index in [4.69, 9.17) is 9.57 Å². The number of piperidine rings is 1. The number of fused-ring (bicyclic) bond motifs is 1. The highest BCUT2D eigenvalue weighted by atomic mass is 32.2. The summed E-state index contributed by atoms with van der Waals surface area (Å²) in [5.74, 6) is 2.70. The van der Waals surface area contributed by atoms with Crippen LogP contribution in [0.4, 0.5) is 5.95 Å². The van der Waals surface area contributed by atoms with Crippen LogP contribution in [0.2, 0.25) is 0 Å². The zero-order valence-corrected chi connectivity index (χ0v) is 25.9. The maximum atomic E-state index is 13.0. The number of allylic oxidation sites excluding steroid dienone is 1. The number of sulfonamides is 1. The largest absolute Gasteiger partial charge is 0.351 e. The number of hydroxylamine groups is 1. The number of benzene rings is 1. The molecule has 2 fully saturated rings. The molecular weight excluding hydrogens is 542 g/mol. The molecule has 0 radical (unpaired) electrons. The Morgan fingerprint density at radius 1 is 1.24 bits per heavy atom. The second kappa shape index (κ2) is 16.2. The monoisotopic (exact) mass is 585 g/mol. The third kappa shape index (κ3) is 9.36. The van der Waals surface area contributed by atoms with Crippen molar-refractivity contribution in [3.63, 3.8) is 0 Å². The van der Waals surface area contributed by atoms with Gasteiger partial charge in [-0.15, -0.1) is 12.3 Å². The number of ether oxygens (including phenoxy) is 1. The predicted molar refractivity (Wildman–Crippen MR) is 161 cm³/mol. The van der Waals surface area contributed by atoms with Crippen LogP contribution in [0.3, 0.4) is 0 Å². The summed E-state index contributed by atoms with van der Waals surface area (Å²) in [5, 5.41) is 0. The number of carbonyl (C=O) groups excluding carboxylic acids is 1. The Morgan fingerprint density at radius 2 is 1.85 bits per heavy atom. The number of amides is 1. The SMILES string of the molecule is C#CC.C/C=C\c1cc(S(=O)(=O)NC2C3CN(c4ncc(C(=O)NOC(C)OCCC)cn4)CC32)ccc1C.CC. The van der Waals surface area contributed by atoms with E-state index in [0.29, 0.717) is 25.6 Å². The molecule has 1 aromatic carbocycles. The van der Waals surface area contributed by atoms with Gasteiger partial charge in [0, 0.05) is 38.1 Å². The lowest BCUT2D eigenvalue weighted by molar-refractivity contribution is -0.158. The molecule has 1 saturated heterocycles. The van der Waals surface area contributed by atoms with Crippen LogP contribution in [-0.4, -0.2) is 56.3 Å². The van der Waals surface area contributed by atoms with Gasteiger partial charge in [-0.05, 0) is 69.2 Å². The van der Waals surface area contributed by atoms with Gasteiger partial charge in [-0.25, -0.2) is 33.4 Å². The van der Waals surface area contributed by atoms with Crippen molar-refractivity contribution in [3.05, 3.63) is 53.4 Å². The summed E-state index contributed by atoms with van der Waals surface area (Å²) in [7, 11) is -3.61. The lowest BCUT2D eigenvalue weighted by Gasteiger charge is -2.20. The van der Waals surface area contributed by atoms with Crippen LogP contribution in [0.5, 0.6) is 0 Å². The fourth-order valence-corrected chi connectivity index (χ4v) is 5.74. The third-order valence-electron chi connectivity index (χ3n) is 6.45. The zero-order valence-electron chi connectivity index (χ0n) is 25.0. The Labute approximate surface area is 244 Å². The van der Waals surface area contributed by atoms with E-state index in [1.54, 1.807) is 26.0 Å². The second-order valence-corrected chi connectivity index (χ2v) is 11.2. The summed E-state index contributed by atoms with van der Waals surface area (Å²) in [6.07, 6.45) is 11.6. The molecule has 1 saturated carbocycles. The van der Waals surface area contributed by atoms with E-state index in [1.807, 2.05) is 57.7 Å². The van der Waals surface area contributed by atoms with E-state index in [1.165, 1.54) is 12.4 Å². The van der Waals surface area contributed by atoms with Gasteiger partial charge in [-0.3, -0.25) is 4.79 Å². The highest BCUT2D eigenvalue weighted by Crippen LogP contribution is 2.46. The quantitative estimate of drug-likeness (QED) is 0.227. The maximum absolute atomic E-state index is 13.0. The Balaban J connectivity index is 0.00000110. The van der Waals surface area contributed by atoms with Crippen LogP contribution in [0.1, 0.15) is 69.4 Å². The Bertz CT molecular complexity index is 1300. The highest BCUT2D eigenvalue weighted by molar-refractivity contribution is 7.89. The van der Waals surface area contributed by atoms with Crippen molar-refractivity contribution in [1.29, 1.82) is 0 Å². The van der Waals surface area contributed by atoms with E-state index >= 15 is 0 Å². The van der Waals surface area contributed by atoms with Gasteiger partial charge in [0.2, 0.25) is 16.0 Å². The first-order chi connectivity index (χ1) is 19.6. The number of hydrogen-bond acceptors (Lipinski definition) is 8. The van der Waals surface area contributed by atoms with Crippen molar-refractivity contribution in [2.45, 2.75) is 72.1 Å². The summed E-state index contributed by atoms with van der Waals surface area (Å²) in [6.45, 7) is 15.0. The van der Waals surface area contributed by atoms with E-state index < -0.39 is 22.2 Å². The summed E-state index contributed by atoms with van der Waals surface area (Å²) in [4.78, 5) is 28.3. The molecule has 1 aliphatic heterocycles. The first kappa shape index (κ1) is 33.9. The Morgan fingerprint density at radius 3 is 2.41 bits per heavy atom. The molecule has 10 nitrogen and oxygen atoms in total. The van der Waals surface area contributed by atoms with Crippen molar-refractivity contribution in [3.8, 4) is 12.3 Å². The zero-order chi connectivity index (χ0) is 30.6. The van der Waals surface area contributed by atoms with Crippen molar-refractivity contribution < 1.29 is 22.8 Å². The average molecular weight is 586 g/mol. The summed E-state index contributed by atoms with van der Waals surface area (Å²) >= 11 is 0. The van der Waals surface area contributed by atoms with Crippen LogP contribution in [0, 0.1) is 31.1 Å². The number of terminal acetylenes is 1. The molecule has 1 aromatic heterocycles. The number of anilines is 1. The van der Waals surface area contributed by atoms with E-state index in [2.05, 4.69) is 32.5 Å². The standard InChI is InChI=1S/C25H33N5O5S.C3H4.C2H6/c1-5-7-18-11-20(9-8-16(18)3)36(32,33)29-23-21-14-30(15-22(21)23)25-26-12-19(13-27-25)24(31)28-35-17(4)34-10-6-2;1-3-2;1-2/h5,7-9,11-13,17,21-23,29H,6,10,14-15H2,1-4H3,(H,28,31);1H,2H3;1-2H3/b7-5-;;. The Kier molecular flexibility index (Phi) is 13.4. The molecule has 0 bridgehead atoms. The van der Waals surface area contributed by atoms with Crippen LogP contribution >= 0.6 is 0 Å². The fourth-order valence-electron chi connectivity index (χ4n) is 4.37. The first-order valence-electron chi connectivity index (χ1n) is 13.9. The van der Waals surface area contributed by atoms with Gasteiger partial charge in [-0.1, -0.05) is 39.0 Å². The van der Waals surface area contributed by atoms with E-state index in [9.17, 15) is 13.2 Å². The first-order valence-corrected chi connectivity index (χ1v) is 15.4. The molecule has 3 unspecified atom stereocenters. The molecule has 0 spiro atoms. The van der Waals surface area contributed by atoms with Gasteiger partial charge in [0.1, 0.15) is 0 Å². The van der Waals surface area contributed by atoms with E-state index in [-0.39, 0.29) is 28.3 Å². The van der Waals surface area contributed by atoms with Gasteiger partial charge in [0.05, 0.1) is 10.5 Å². The van der Waals surface area contributed by atoms with Crippen LogP contribution in [-0.2, 0) is 19.6 Å². The van der Waals surface area contributed by atoms with Gasteiger partial charge >= 0.3 is 0 Å². The maximum Gasteiger partial charge on any atom is 0.278 e. The van der Waals surface area contributed by atoms with Crippen molar-refractivity contribution in [2.75, 3.05) is 24.6 Å². The number of carbonyl (C=O) groups is 1. The molecule has 11 heteroatoms. The van der Waals surface area contributed by atoms with Crippen LogP contribution < -0.4 is 15.1 Å². The topological polar surface area (TPSA) is 123 Å². The molecule has 1 aliphatic carbocycles. The number of rotatable bonds is 11. The smallest absolute Gasteiger partial charge is 0.278 e. The molecule has 2 heterocycles. The van der Waals surface area contributed by atoms with E-state index in [0.717, 1.165) is 17.5 Å². The number of aromatic nitrogens is 2. The van der Waals surface area contributed by atoms with Crippen molar-refractivity contribution in [1.82, 2.24) is 20.2 Å². The normalized spacial score (nSPS) is 19.7.